The fourth-order valence-corrected chi connectivity index (χ4v) is 3.80. The molecule has 1 aromatic carbocycles. The van der Waals surface area contributed by atoms with E-state index in [4.69, 9.17) is 0 Å². The minimum Gasteiger partial charge on any atom is -0.478 e. The first kappa shape index (κ1) is 16.1. The lowest BCUT2D eigenvalue weighted by molar-refractivity contribution is 0.0691. The monoisotopic (exact) mass is 318 g/mol. The maximum absolute atomic E-state index is 12.1. The Labute approximate surface area is 137 Å². The fraction of sp³-hybridized carbons (Fsp3) is 0.588. The van der Waals surface area contributed by atoms with Gasteiger partial charge in [0, 0.05) is 48.7 Å². The van der Waals surface area contributed by atoms with Gasteiger partial charge in [0.25, 0.3) is 0 Å². The van der Waals surface area contributed by atoms with E-state index < -0.39 is 5.97 Å². The number of hydrogen-bond acceptors (Lipinski definition) is 5. The van der Waals surface area contributed by atoms with Crippen molar-refractivity contribution in [2.45, 2.75) is 26.9 Å². The summed E-state index contributed by atoms with van der Waals surface area (Å²) in [6.45, 7) is 9.05. The Morgan fingerprint density at radius 2 is 1.43 bits per heavy atom. The molecule has 0 saturated carbocycles. The van der Waals surface area contributed by atoms with Gasteiger partial charge in [-0.3, -0.25) is 9.80 Å². The third kappa shape index (κ3) is 2.66. The van der Waals surface area contributed by atoms with E-state index >= 15 is 0 Å². The second-order valence-electron chi connectivity index (χ2n) is 6.58. The van der Waals surface area contributed by atoms with E-state index in [0.717, 1.165) is 48.9 Å². The van der Waals surface area contributed by atoms with Gasteiger partial charge >= 0.3 is 5.97 Å². The van der Waals surface area contributed by atoms with Gasteiger partial charge in [-0.2, -0.15) is 0 Å². The number of hydrogen-bond donors (Lipinski definition) is 1. The SMILES string of the molecule is CCN1CN(C)Cc2c1cc1c(c2C(=O)O)CN(C)CN1CC. The topological polar surface area (TPSA) is 50.3 Å². The molecule has 2 heterocycles. The highest BCUT2D eigenvalue weighted by atomic mass is 16.4. The Morgan fingerprint density at radius 1 is 1.00 bits per heavy atom. The molecule has 1 N–H and O–H groups in total. The smallest absolute Gasteiger partial charge is 0.336 e. The number of anilines is 2. The van der Waals surface area contributed by atoms with Crippen LogP contribution in [0.3, 0.4) is 0 Å². The van der Waals surface area contributed by atoms with E-state index in [0.29, 0.717) is 18.7 Å². The standard InChI is InChI=1S/C17H26N4O2/c1-5-20-10-18(3)8-12-14(20)7-15-13(16(12)17(22)23)9-19(4)11-21(15)6-2/h7H,5-6,8-11H2,1-4H3,(H,22,23). The number of carboxylic acids is 1. The lowest BCUT2D eigenvalue weighted by Crippen LogP contribution is -2.44. The lowest BCUT2D eigenvalue weighted by atomic mass is 9.93. The van der Waals surface area contributed by atoms with Gasteiger partial charge in [-0.25, -0.2) is 4.79 Å². The highest BCUT2D eigenvalue weighted by Crippen LogP contribution is 2.40. The third-order valence-corrected chi connectivity index (χ3v) is 4.83. The van der Waals surface area contributed by atoms with Gasteiger partial charge in [0.15, 0.2) is 0 Å². The van der Waals surface area contributed by atoms with E-state index in [2.05, 4.69) is 39.5 Å². The van der Waals surface area contributed by atoms with E-state index in [9.17, 15) is 9.90 Å². The van der Waals surface area contributed by atoms with Crippen LogP contribution in [-0.4, -0.2) is 61.4 Å². The van der Waals surface area contributed by atoms with Gasteiger partial charge in [0.05, 0.1) is 18.9 Å². The van der Waals surface area contributed by atoms with Crippen molar-refractivity contribution >= 4 is 17.3 Å². The van der Waals surface area contributed by atoms with Gasteiger partial charge < -0.3 is 14.9 Å². The molecule has 0 radical (unpaired) electrons. The summed E-state index contributed by atoms with van der Waals surface area (Å²) in [5.74, 6) is -0.809. The number of benzene rings is 1. The number of fused-ring (bicyclic) bond motifs is 2. The molecular formula is C17H26N4O2. The molecule has 0 fully saturated rings. The number of nitrogens with zero attached hydrogens (tertiary/aromatic N) is 4. The van der Waals surface area contributed by atoms with Crippen LogP contribution < -0.4 is 9.80 Å². The van der Waals surface area contributed by atoms with Crippen LogP contribution in [-0.2, 0) is 13.1 Å². The zero-order chi connectivity index (χ0) is 16.7. The molecule has 3 rings (SSSR count). The molecule has 2 aliphatic rings. The number of aromatic carboxylic acids is 1. The molecule has 0 aliphatic carbocycles. The zero-order valence-electron chi connectivity index (χ0n) is 14.5. The molecule has 0 atom stereocenters. The summed E-state index contributed by atoms with van der Waals surface area (Å²) < 4.78 is 0. The van der Waals surface area contributed by atoms with Crippen molar-refractivity contribution in [1.82, 2.24) is 9.80 Å². The largest absolute Gasteiger partial charge is 0.478 e. The predicted molar refractivity (Wildman–Crippen MR) is 92.1 cm³/mol. The zero-order valence-corrected chi connectivity index (χ0v) is 14.5. The molecule has 0 spiro atoms. The van der Waals surface area contributed by atoms with Crippen molar-refractivity contribution in [1.29, 1.82) is 0 Å². The van der Waals surface area contributed by atoms with Crippen LogP contribution in [0.25, 0.3) is 0 Å². The molecule has 2 aliphatic heterocycles. The van der Waals surface area contributed by atoms with Crippen molar-refractivity contribution in [2.24, 2.45) is 0 Å². The van der Waals surface area contributed by atoms with Gasteiger partial charge in [-0.1, -0.05) is 0 Å². The second kappa shape index (κ2) is 6.02. The summed E-state index contributed by atoms with van der Waals surface area (Å²) in [6.07, 6.45) is 0. The van der Waals surface area contributed by atoms with Gasteiger partial charge in [-0.15, -0.1) is 0 Å². The van der Waals surface area contributed by atoms with Gasteiger partial charge in [-0.05, 0) is 34.0 Å². The number of rotatable bonds is 3. The summed E-state index contributed by atoms with van der Waals surface area (Å²) in [5, 5.41) is 9.91. The van der Waals surface area contributed by atoms with Crippen LogP contribution in [0.2, 0.25) is 0 Å². The molecule has 0 unspecified atom stereocenters. The molecule has 6 nitrogen and oxygen atoms in total. The average Bonchev–Trinajstić information content (AvgIpc) is 2.50. The fourth-order valence-electron chi connectivity index (χ4n) is 3.80. The van der Waals surface area contributed by atoms with E-state index in [1.165, 1.54) is 0 Å². The van der Waals surface area contributed by atoms with Crippen LogP contribution in [0.15, 0.2) is 6.07 Å². The first-order valence-corrected chi connectivity index (χ1v) is 8.25. The Kier molecular flexibility index (Phi) is 4.21. The Balaban J connectivity index is 2.25. The summed E-state index contributed by atoms with van der Waals surface area (Å²) in [6, 6.07) is 2.21. The molecule has 0 aromatic heterocycles. The maximum Gasteiger partial charge on any atom is 0.336 e. The molecule has 0 bridgehead atoms. The second-order valence-corrected chi connectivity index (χ2v) is 6.58. The van der Waals surface area contributed by atoms with Gasteiger partial charge in [0.1, 0.15) is 0 Å². The molecule has 126 valence electrons. The van der Waals surface area contributed by atoms with Crippen molar-refractivity contribution in [2.75, 3.05) is 50.3 Å². The quantitative estimate of drug-likeness (QED) is 0.918. The van der Waals surface area contributed by atoms with E-state index in [1.807, 2.05) is 14.1 Å². The third-order valence-electron chi connectivity index (χ3n) is 4.83. The van der Waals surface area contributed by atoms with Crippen LogP contribution in [0.5, 0.6) is 0 Å². The summed E-state index contributed by atoms with van der Waals surface area (Å²) in [5.41, 5.74) is 4.60. The minimum atomic E-state index is -0.809. The Bertz CT molecular complexity index is 587. The highest BCUT2D eigenvalue weighted by Gasteiger charge is 2.32. The van der Waals surface area contributed by atoms with Crippen LogP contribution in [0, 0.1) is 0 Å². The van der Waals surface area contributed by atoms with Crippen molar-refractivity contribution < 1.29 is 9.90 Å². The molecule has 0 amide bonds. The summed E-state index contributed by atoms with van der Waals surface area (Å²) in [7, 11) is 4.09. The molecule has 23 heavy (non-hydrogen) atoms. The number of carbonyl (C=O) groups is 1. The Hall–Kier alpha value is -1.79. The normalized spacial score (nSPS) is 18.8. The van der Waals surface area contributed by atoms with E-state index in [-0.39, 0.29) is 0 Å². The minimum absolute atomic E-state index is 0.507. The average molecular weight is 318 g/mol. The summed E-state index contributed by atoms with van der Waals surface area (Å²) >= 11 is 0. The maximum atomic E-state index is 12.1. The Morgan fingerprint density at radius 3 is 1.78 bits per heavy atom. The van der Waals surface area contributed by atoms with Crippen molar-refractivity contribution in [3.63, 3.8) is 0 Å². The molecule has 1 aromatic rings. The highest BCUT2D eigenvalue weighted by molar-refractivity contribution is 5.96. The van der Waals surface area contributed by atoms with Crippen LogP contribution in [0.4, 0.5) is 11.4 Å². The summed E-state index contributed by atoms with van der Waals surface area (Å²) in [4.78, 5) is 20.9. The van der Waals surface area contributed by atoms with Crippen LogP contribution in [0.1, 0.15) is 35.3 Å². The number of carboxylic acid groups (broad SMARTS) is 1. The predicted octanol–water partition coefficient (Wildman–Crippen LogP) is 1.84. The molecule has 0 saturated heterocycles. The van der Waals surface area contributed by atoms with Crippen LogP contribution >= 0.6 is 0 Å². The first-order valence-electron chi connectivity index (χ1n) is 8.25. The van der Waals surface area contributed by atoms with Gasteiger partial charge in [0.2, 0.25) is 0 Å². The first-order chi connectivity index (χ1) is 11.0. The molecular weight excluding hydrogens is 292 g/mol. The van der Waals surface area contributed by atoms with Crippen molar-refractivity contribution in [3.8, 4) is 0 Å². The van der Waals surface area contributed by atoms with Crippen molar-refractivity contribution in [3.05, 3.63) is 22.8 Å². The van der Waals surface area contributed by atoms with E-state index in [1.54, 1.807) is 0 Å². The lowest BCUT2D eigenvalue weighted by Gasteiger charge is -2.42. The molecule has 6 heteroatoms.